The maximum Gasteiger partial charge on any atom is 1.00 e. The molecule has 4 heteroatoms. The first kappa shape index (κ1) is 32.2. The first-order valence-electron chi connectivity index (χ1n) is 12.6. The number of benzene rings is 6. The fourth-order valence-electron chi connectivity index (χ4n) is 4.21. The van der Waals surface area contributed by atoms with Gasteiger partial charge in [-0.05, 0) is 37.1 Å². The van der Waals surface area contributed by atoms with Crippen LogP contribution in [0.2, 0.25) is 0 Å². The molecule has 204 valence electrons. The number of hydrogen-bond acceptors (Lipinski definition) is 0. The maximum absolute atomic E-state index is 3.39. The Hall–Kier alpha value is -2.34. The van der Waals surface area contributed by atoms with Gasteiger partial charge in [0.15, 0.2) is 0 Å². The molecule has 0 bridgehead atoms. The largest absolute Gasteiger partial charge is 1.00 e. The SMILES string of the molecule is [Au+].[Au+].[c-]1ccccc1P(c1ccccc1)c1ccccc1.[c-]1ccccc1P(c1ccccc1)c1ccccc1. The molecule has 0 aliphatic rings. The van der Waals surface area contributed by atoms with Gasteiger partial charge in [-0.3, -0.25) is 0 Å². The summed E-state index contributed by atoms with van der Waals surface area (Å²) < 4.78 is 0. The van der Waals surface area contributed by atoms with Crippen LogP contribution >= 0.6 is 15.8 Å². The first-order valence-corrected chi connectivity index (χ1v) is 15.3. The zero-order valence-electron chi connectivity index (χ0n) is 21.7. The van der Waals surface area contributed by atoms with Crippen LogP contribution in [0, 0.1) is 12.1 Å². The van der Waals surface area contributed by atoms with Gasteiger partial charge in [-0.25, -0.2) is 0 Å². The van der Waals surface area contributed by atoms with Crippen molar-refractivity contribution in [2.24, 2.45) is 0 Å². The van der Waals surface area contributed by atoms with Gasteiger partial charge in [0.05, 0.1) is 0 Å². The van der Waals surface area contributed by atoms with Crippen LogP contribution in [-0.2, 0) is 44.8 Å². The first-order chi connectivity index (χ1) is 18.9. The molecule has 6 aromatic rings. The molecule has 0 heterocycles. The molecule has 0 N–H and O–H groups in total. The molecule has 0 saturated heterocycles. The standard InChI is InChI=1S/2C18H14P.2Au/c2*1-4-10-16(11-5-1)19(17-12-6-2-7-13-17)18-14-8-3-9-15-18;;/h2*1-14H;;/q2*-1;2*+1. The molecule has 0 atom stereocenters. The zero-order valence-corrected chi connectivity index (χ0v) is 27.8. The van der Waals surface area contributed by atoms with E-state index in [4.69, 9.17) is 0 Å². The Balaban J connectivity index is 0.000000210. The summed E-state index contributed by atoms with van der Waals surface area (Å²) in [6, 6.07) is 66.1. The molecule has 6 aromatic carbocycles. The van der Waals surface area contributed by atoms with E-state index in [0.29, 0.717) is 0 Å². The van der Waals surface area contributed by atoms with Crippen molar-refractivity contribution in [3.63, 3.8) is 0 Å². The second-order valence-electron chi connectivity index (χ2n) is 8.51. The van der Waals surface area contributed by atoms with E-state index in [1.807, 2.05) is 24.3 Å². The van der Waals surface area contributed by atoms with Crippen LogP contribution in [0.1, 0.15) is 0 Å². The summed E-state index contributed by atoms with van der Waals surface area (Å²) in [7, 11) is -1.00. The van der Waals surface area contributed by atoms with Gasteiger partial charge in [0.1, 0.15) is 0 Å². The van der Waals surface area contributed by atoms with Crippen molar-refractivity contribution in [1.82, 2.24) is 0 Å². The summed E-state index contributed by atoms with van der Waals surface area (Å²) in [4.78, 5) is 0. The second kappa shape index (κ2) is 17.5. The fraction of sp³-hybridized carbons (Fsp3) is 0. The molecule has 6 rings (SSSR count). The van der Waals surface area contributed by atoms with Crippen molar-refractivity contribution in [2.45, 2.75) is 0 Å². The second-order valence-corrected chi connectivity index (χ2v) is 12.9. The summed E-state index contributed by atoms with van der Waals surface area (Å²) in [5.74, 6) is 0. The van der Waals surface area contributed by atoms with Crippen molar-refractivity contribution >= 4 is 47.7 Å². The predicted molar refractivity (Wildman–Crippen MR) is 168 cm³/mol. The number of hydrogen-bond donors (Lipinski definition) is 0. The molecule has 40 heavy (non-hydrogen) atoms. The van der Waals surface area contributed by atoms with Gasteiger partial charge in [-0.1, -0.05) is 121 Å². The van der Waals surface area contributed by atoms with Crippen LogP contribution in [0.15, 0.2) is 170 Å². The molecule has 0 aliphatic carbocycles. The molecule has 0 spiro atoms. The quantitative estimate of drug-likeness (QED) is 0.102. The van der Waals surface area contributed by atoms with E-state index in [1.54, 1.807) is 0 Å². The molecular weight excluding hydrogens is 888 g/mol. The third kappa shape index (κ3) is 8.83. The third-order valence-corrected chi connectivity index (χ3v) is 10.7. The summed E-state index contributed by atoms with van der Waals surface area (Å²) in [5.41, 5.74) is 0. The van der Waals surface area contributed by atoms with Crippen molar-refractivity contribution in [3.05, 3.63) is 182 Å². The fourth-order valence-corrected chi connectivity index (χ4v) is 8.68. The van der Waals surface area contributed by atoms with E-state index in [1.165, 1.54) is 31.8 Å². The molecule has 0 fully saturated rings. The Bertz CT molecular complexity index is 1180. The average Bonchev–Trinajstić information content (AvgIpc) is 3.01. The Morgan fingerprint density at radius 3 is 0.775 bits per heavy atom. The molecule has 0 amide bonds. The molecule has 0 aromatic heterocycles. The Morgan fingerprint density at radius 2 is 0.550 bits per heavy atom. The van der Waals surface area contributed by atoms with Crippen LogP contribution in [0.25, 0.3) is 0 Å². The van der Waals surface area contributed by atoms with E-state index in [0.717, 1.165) is 0 Å². The molecule has 0 saturated carbocycles. The normalized spacial score (nSPS) is 10.1. The third-order valence-electron chi connectivity index (χ3n) is 5.92. The average molecular weight is 917 g/mol. The maximum atomic E-state index is 3.39. The topological polar surface area (TPSA) is 0 Å². The van der Waals surface area contributed by atoms with Crippen molar-refractivity contribution in [1.29, 1.82) is 0 Å². The van der Waals surface area contributed by atoms with E-state index in [-0.39, 0.29) is 44.8 Å². The van der Waals surface area contributed by atoms with E-state index < -0.39 is 15.8 Å². The Morgan fingerprint density at radius 1 is 0.300 bits per heavy atom. The van der Waals surface area contributed by atoms with Crippen LogP contribution < -0.4 is 31.8 Å². The monoisotopic (exact) mass is 916 g/mol. The van der Waals surface area contributed by atoms with Gasteiger partial charge in [0.2, 0.25) is 0 Å². The van der Waals surface area contributed by atoms with Crippen LogP contribution in [0.3, 0.4) is 0 Å². The van der Waals surface area contributed by atoms with Crippen LogP contribution in [-0.4, -0.2) is 0 Å². The van der Waals surface area contributed by atoms with E-state index >= 15 is 0 Å². The zero-order chi connectivity index (χ0) is 25.8. The van der Waals surface area contributed by atoms with Crippen molar-refractivity contribution in [3.8, 4) is 0 Å². The summed E-state index contributed by atoms with van der Waals surface area (Å²) >= 11 is 0. The Labute approximate surface area is 272 Å². The molecule has 0 unspecified atom stereocenters. The van der Waals surface area contributed by atoms with Gasteiger partial charge in [-0.2, -0.15) is 60.7 Å². The minimum absolute atomic E-state index is 0. The molecule has 0 radical (unpaired) electrons. The van der Waals surface area contributed by atoms with E-state index in [2.05, 4.69) is 158 Å². The summed E-state index contributed by atoms with van der Waals surface area (Å²) in [6.07, 6.45) is 0. The number of rotatable bonds is 6. The van der Waals surface area contributed by atoms with Crippen LogP contribution in [0.5, 0.6) is 0 Å². The Kier molecular flexibility index (Phi) is 14.1. The van der Waals surface area contributed by atoms with Gasteiger partial charge < -0.3 is 0 Å². The molecular formula is C36H28Au2P2. The van der Waals surface area contributed by atoms with Crippen molar-refractivity contribution < 1.29 is 44.8 Å². The molecule has 0 nitrogen and oxygen atoms in total. The molecule has 0 aliphatic heterocycles. The summed E-state index contributed by atoms with van der Waals surface area (Å²) in [5, 5.41) is 8.01. The van der Waals surface area contributed by atoms with Crippen molar-refractivity contribution in [2.75, 3.05) is 0 Å². The van der Waals surface area contributed by atoms with E-state index in [9.17, 15) is 0 Å². The van der Waals surface area contributed by atoms with Gasteiger partial charge in [0, 0.05) is 0 Å². The van der Waals surface area contributed by atoms with Gasteiger partial charge >= 0.3 is 44.8 Å². The van der Waals surface area contributed by atoms with Crippen LogP contribution in [0.4, 0.5) is 0 Å². The smallest absolute Gasteiger partial charge is 0.176 e. The van der Waals surface area contributed by atoms with Gasteiger partial charge in [-0.15, -0.1) is 10.6 Å². The minimum atomic E-state index is -0.502. The minimum Gasteiger partial charge on any atom is -0.176 e. The summed E-state index contributed by atoms with van der Waals surface area (Å²) in [6.45, 7) is 0. The van der Waals surface area contributed by atoms with Gasteiger partial charge in [0.25, 0.3) is 0 Å². The predicted octanol–water partition coefficient (Wildman–Crippen LogP) is 6.48.